The predicted molar refractivity (Wildman–Crippen MR) is 60.6 cm³/mol. The average molecular weight is 224 g/mol. The molecule has 1 rings (SSSR count). The maximum atomic E-state index is 12.1. The molecule has 1 amide bonds. The van der Waals surface area contributed by atoms with E-state index in [9.17, 15) is 4.79 Å². The molecule has 1 heterocycles. The highest BCUT2D eigenvalue weighted by atomic mass is 16.5. The van der Waals surface area contributed by atoms with Crippen LogP contribution in [0.5, 0.6) is 0 Å². The van der Waals surface area contributed by atoms with Gasteiger partial charge < -0.3 is 9.64 Å². The zero-order valence-electron chi connectivity index (χ0n) is 10.5. The molecule has 0 saturated carbocycles. The molecule has 0 aromatic carbocycles. The lowest BCUT2D eigenvalue weighted by atomic mass is 9.90. The molecule has 0 N–H and O–H groups in total. The van der Waals surface area contributed by atoms with Crippen molar-refractivity contribution in [2.45, 2.75) is 33.3 Å². The second-order valence-electron chi connectivity index (χ2n) is 5.03. The Morgan fingerprint density at radius 2 is 2.19 bits per heavy atom. The van der Waals surface area contributed by atoms with E-state index in [2.05, 4.69) is 13.0 Å². The molecule has 4 nitrogen and oxygen atoms in total. The molecular formula is C12H20N2O2. The van der Waals surface area contributed by atoms with Crippen molar-refractivity contribution in [2.24, 2.45) is 11.3 Å². The minimum Gasteiger partial charge on any atom is -0.379 e. The maximum Gasteiger partial charge on any atom is 0.242 e. The van der Waals surface area contributed by atoms with Gasteiger partial charge in [0.15, 0.2) is 0 Å². The van der Waals surface area contributed by atoms with Crippen molar-refractivity contribution in [3.8, 4) is 6.07 Å². The number of nitrogens with zero attached hydrogens (tertiary/aromatic N) is 2. The van der Waals surface area contributed by atoms with Crippen molar-refractivity contribution in [3.63, 3.8) is 0 Å². The third kappa shape index (κ3) is 2.53. The Morgan fingerprint density at radius 1 is 1.56 bits per heavy atom. The first-order chi connectivity index (χ1) is 7.42. The number of amides is 1. The van der Waals surface area contributed by atoms with E-state index in [4.69, 9.17) is 10.00 Å². The molecule has 1 saturated heterocycles. The van der Waals surface area contributed by atoms with Crippen LogP contribution in [-0.4, -0.2) is 37.1 Å². The number of piperidine rings is 1. The topological polar surface area (TPSA) is 53.3 Å². The number of hydrogen-bond acceptors (Lipinski definition) is 3. The highest BCUT2D eigenvalue weighted by molar-refractivity contribution is 5.84. The van der Waals surface area contributed by atoms with E-state index in [0.717, 1.165) is 13.0 Å². The van der Waals surface area contributed by atoms with Gasteiger partial charge in [0.2, 0.25) is 5.91 Å². The van der Waals surface area contributed by atoms with Gasteiger partial charge >= 0.3 is 0 Å². The molecule has 0 spiro atoms. The molecule has 0 aromatic heterocycles. The molecule has 4 heteroatoms. The number of methoxy groups -OCH3 is 1. The number of likely N-dealkylation sites (tertiary alicyclic amines) is 1. The van der Waals surface area contributed by atoms with Crippen LogP contribution in [0.4, 0.5) is 0 Å². The Kier molecular flexibility index (Phi) is 3.93. The molecule has 0 bridgehead atoms. The van der Waals surface area contributed by atoms with E-state index in [1.165, 1.54) is 0 Å². The van der Waals surface area contributed by atoms with Gasteiger partial charge in [-0.2, -0.15) is 5.26 Å². The summed E-state index contributed by atoms with van der Waals surface area (Å²) >= 11 is 0. The maximum absolute atomic E-state index is 12.1. The number of ether oxygens (including phenoxy) is 1. The van der Waals surface area contributed by atoms with Crippen LogP contribution in [0.15, 0.2) is 0 Å². The molecule has 16 heavy (non-hydrogen) atoms. The molecule has 0 aromatic rings. The van der Waals surface area contributed by atoms with Crippen LogP contribution in [0, 0.1) is 22.7 Å². The van der Waals surface area contributed by atoms with E-state index in [0.29, 0.717) is 12.5 Å². The van der Waals surface area contributed by atoms with E-state index >= 15 is 0 Å². The first-order valence-corrected chi connectivity index (χ1v) is 5.65. The van der Waals surface area contributed by atoms with Crippen molar-refractivity contribution < 1.29 is 9.53 Å². The van der Waals surface area contributed by atoms with Gasteiger partial charge in [-0.25, -0.2) is 0 Å². The van der Waals surface area contributed by atoms with Crippen LogP contribution in [0.2, 0.25) is 0 Å². The second kappa shape index (κ2) is 4.84. The standard InChI is InChI=1S/C12H20N2O2/c1-9-5-6-14(7-10(9)16-4)11(15)12(2,3)8-13/h9-10H,5-7H2,1-4H3. The van der Waals surface area contributed by atoms with Crippen LogP contribution < -0.4 is 0 Å². The molecule has 0 radical (unpaired) electrons. The quantitative estimate of drug-likeness (QED) is 0.712. The second-order valence-corrected chi connectivity index (χ2v) is 5.03. The molecular weight excluding hydrogens is 204 g/mol. The molecule has 2 atom stereocenters. The third-order valence-corrected chi connectivity index (χ3v) is 3.29. The van der Waals surface area contributed by atoms with Gasteiger partial charge in [-0.15, -0.1) is 0 Å². The summed E-state index contributed by atoms with van der Waals surface area (Å²) < 4.78 is 5.35. The summed E-state index contributed by atoms with van der Waals surface area (Å²) in [6, 6.07) is 2.05. The summed E-state index contributed by atoms with van der Waals surface area (Å²) in [5, 5.41) is 8.94. The van der Waals surface area contributed by atoms with Crippen LogP contribution in [-0.2, 0) is 9.53 Å². The zero-order chi connectivity index (χ0) is 12.3. The SMILES string of the molecule is COC1CN(C(=O)C(C)(C)C#N)CCC1C. The van der Waals surface area contributed by atoms with Crippen LogP contribution in [0.1, 0.15) is 27.2 Å². The molecule has 2 unspecified atom stereocenters. The van der Waals surface area contributed by atoms with Crippen LogP contribution >= 0.6 is 0 Å². The molecule has 1 aliphatic heterocycles. The summed E-state index contributed by atoms with van der Waals surface area (Å²) in [6.45, 7) is 6.78. The molecule has 90 valence electrons. The van der Waals surface area contributed by atoms with Gasteiger partial charge in [-0.1, -0.05) is 6.92 Å². The van der Waals surface area contributed by atoms with Gasteiger partial charge in [0, 0.05) is 20.2 Å². The minimum atomic E-state index is -0.932. The highest BCUT2D eigenvalue weighted by Crippen LogP contribution is 2.24. The van der Waals surface area contributed by atoms with E-state index in [1.807, 2.05) is 0 Å². The van der Waals surface area contributed by atoms with E-state index in [1.54, 1.807) is 25.9 Å². The van der Waals surface area contributed by atoms with Crippen LogP contribution in [0.3, 0.4) is 0 Å². The summed E-state index contributed by atoms with van der Waals surface area (Å²) in [5.41, 5.74) is -0.932. The Balaban J connectivity index is 2.70. The minimum absolute atomic E-state index is 0.0900. The van der Waals surface area contributed by atoms with Crippen molar-refractivity contribution in [3.05, 3.63) is 0 Å². The fraction of sp³-hybridized carbons (Fsp3) is 0.833. The number of rotatable bonds is 2. The van der Waals surface area contributed by atoms with Gasteiger partial charge in [-0.3, -0.25) is 4.79 Å². The Hall–Kier alpha value is -1.08. The van der Waals surface area contributed by atoms with Gasteiger partial charge in [0.25, 0.3) is 0 Å². The lowest BCUT2D eigenvalue weighted by molar-refractivity contribution is -0.142. The molecule has 0 aliphatic carbocycles. The summed E-state index contributed by atoms with van der Waals surface area (Å²) in [4.78, 5) is 13.8. The van der Waals surface area contributed by atoms with Gasteiger partial charge in [0.05, 0.1) is 12.2 Å². The van der Waals surface area contributed by atoms with Gasteiger partial charge in [0.1, 0.15) is 5.41 Å². The number of hydrogen-bond donors (Lipinski definition) is 0. The molecule has 1 aliphatic rings. The normalized spacial score (nSPS) is 26.3. The van der Waals surface area contributed by atoms with E-state index in [-0.39, 0.29) is 12.0 Å². The lowest BCUT2D eigenvalue weighted by Gasteiger charge is -2.38. The lowest BCUT2D eigenvalue weighted by Crippen LogP contribution is -2.50. The van der Waals surface area contributed by atoms with Crippen molar-refractivity contribution in [2.75, 3.05) is 20.2 Å². The fourth-order valence-corrected chi connectivity index (χ4v) is 1.97. The van der Waals surface area contributed by atoms with Crippen molar-refractivity contribution >= 4 is 5.91 Å². The van der Waals surface area contributed by atoms with Gasteiger partial charge in [-0.05, 0) is 26.2 Å². The monoisotopic (exact) mass is 224 g/mol. The summed E-state index contributed by atoms with van der Waals surface area (Å²) in [6.07, 6.45) is 1.03. The number of carbonyl (C=O) groups is 1. The van der Waals surface area contributed by atoms with Crippen LogP contribution in [0.25, 0.3) is 0 Å². The smallest absolute Gasteiger partial charge is 0.242 e. The van der Waals surface area contributed by atoms with Crippen molar-refractivity contribution in [1.82, 2.24) is 4.90 Å². The fourth-order valence-electron chi connectivity index (χ4n) is 1.97. The zero-order valence-corrected chi connectivity index (χ0v) is 10.5. The Labute approximate surface area is 97.2 Å². The Bertz CT molecular complexity index is 307. The third-order valence-electron chi connectivity index (χ3n) is 3.29. The summed E-state index contributed by atoms with van der Waals surface area (Å²) in [5.74, 6) is 0.378. The molecule has 1 fully saturated rings. The van der Waals surface area contributed by atoms with E-state index < -0.39 is 5.41 Å². The predicted octanol–water partition coefficient (Wildman–Crippen LogP) is 1.42. The number of carbonyl (C=O) groups excluding carboxylic acids is 1. The summed E-state index contributed by atoms with van der Waals surface area (Å²) in [7, 11) is 1.67. The first kappa shape index (κ1) is 13.0. The highest BCUT2D eigenvalue weighted by Gasteiger charge is 2.36. The number of nitriles is 1. The Morgan fingerprint density at radius 3 is 2.69 bits per heavy atom. The average Bonchev–Trinajstić information content (AvgIpc) is 2.28. The largest absolute Gasteiger partial charge is 0.379 e. The van der Waals surface area contributed by atoms with Crippen molar-refractivity contribution in [1.29, 1.82) is 5.26 Å². The first-order valence-electron chi connectivity index (χ1n) is 5.65.